The lowest BCUT2D eigenvalue weighted by atomic mass is 10.1. The molecular formula is C13H16N2O2. The summed E-state index contributed by atoms with van der Waals surface area (Å²) >= 11 is 0. The van der Waals surface area contributed by atoms with Crippen molar-refractivity contribution in [2.45, 2.75) is 32.8 Å². The number of benzene rings is 1. The molecule has 1 rings (SSSR count). The Morgan fingerprint density at radius 3 is 2.41 bits per heavy atom. The fourth-order valence-electron chi connectivity index (χ4n) is 1.13. The van der Waals surface area contributed by atoms with Gasteiger partial charge >= 0.3 is 0 Å². The maximum absolute atomic E-state index is 11.5. The van der Waals surface area contributed by atoms with Crippen LogP contribution in [0.3, 0.4) is 0 Å². The number of hydrogen-bond acceptors (Lipinski definition) is 3. The van der Waals surface area contributed by atoms with E-state index in [-0.39, 0.29) is 12.3 Å². The average Bonchev–Trinajstić information content (AvgIpc) is 2.27. The normalized spacial score (nSPS) is 10.7. The molecule has 1 aromatic carbocycles. The van der Waals surface area contributed by atoms with Crippen molar-refractivity contribution in [3.8, 4) is 6.07 Å². The molecule has 0 unspecified atom stereocenters. The maximum atomic E-state index is 11.5. The van der Waals surface area contributed by atoms with Gasteiger partial charge in [0.2, 0.25) is 5.91 Å². The van der Waals surface area contributed by atoms with Gasteiger partial charge in [0.05, 0.1) is 23.7 Å². The summed E-state index contributed by atoms with van der Waals surface area (Å²) in [5, 5.41) is 8.63. The molecule has 1 aromatic rings. The molecule has 0 spiro atoms. The molecule has 0 saturated heterocycles. The fraction of sp³-hybridized carbons (Fsp3) is 0.385. The van der Waals surface area contributed by atoms with Crippen LogP contribution < -0.4 is 5.48 Å². The highest BCUT2D eigenvalue weighted by atomic mass is 16.7. The van der Waals surface area contributed by atoms with Crippen molar-refractivity contribution < 1.29 is 9.63 Å². The van der Waals surface area contributed by atoms with Crippen molar-refractivity contribution in [1.29, 1.82) is 5.26 Å². The molecule has 1 N–H and O–H groups in total. The van der Waals surface area contributed by atoms with Crippen LogP contribution in [0.25, 0.3) is 0 Å². The van der Waals surface area contributed by atoms with Gasteiger partial charge in [-0.05, 0) is 38.5 Å². The number of carbonyl (C=O) groups excluding carboxylic acids is 1. The van der Waals surface area contributed by atoms with E-state index in [2.05, 4.69) is 5.48 Å². The van der Waals surface area contributed by atoms with Gasteiger partial charge in [-0.15, -0.1) is 0 Å². The Bertz CT molecular complexity index is 424. The summed E-state index contributed by atoms with van der Waals surface area (Å²) in [4.78, 5) is 16.7. The Morgan fingerprint density at radius 1 is 1.35 bits per heavy atom. The second-order valence-electron chi connectivity index (χ2n) is 4.73. The highest BCUT2D eigenvalue weighted by molar-refractivity contribution is 5.77. The van der Waals surface area contributed by atoms with Gasteiger partial charge in [0, 0.05) is 0 Å². The zero-order valence-electron chi connectivity index (χ0n) is 10.3. The molecule has 90 valence electrons. The lowest BCUT2D eigenvalue weighted by molar-refractivity contribution is -0.144. The van der Waals surface area contributed by atoms with E-state index in [1.54, 1.807) is 24.3 Å². The number of amides is 1. The van der Waals surface area contributed by atoms with Crippen LogP contribution in [0, 0.1) is 11.3 Å². The molecule has 0 atom stereocenters. The summed E-state index contributed by atoms with van der Waals surface area (Å²) in [6, 6.07) is 8.92. The van der Waals surface area contributed by atoms with Crippen molar-refractivity contribution in [3.05, 3.63) is 35.4 Å². The lowest BCUT2D eigenvalue weighted by Crippen LogP contribution is -2.34. The molecule has 0 heterocycles. The van der Waals surface area contributed by atoms with Crippen LogP contribution in [0.1, 0.15) is 31.9 Å². The number of nitrogens with zero attached hydrogens (tertiary/aromatic N) is 1. The minimum absolute atomic E-state index is 0.204. The largest absolute Gasteiger partial charge is 0.272 e. The van der Waals surface area contributed by atoms with Crippen LogP contribution in [0.4, 0.5) is 0 Å². The second kappa shape index (κ2) is 5.46. The van der Waals surface area contributed by atoms with Crippen molar-refractivity contribution in [1.82, 2.24) is 5.48 Å². The highest BCUT2D eigenvalue weighted by Crippen LogP contribution is 2.06. The zero-order chi connectivity index (χ0) is 12.9. The molecule has 0 saturated carbocycles. The van der Waals surface area contributed by atoms with Gasteiger partial charge in [-0.25, -0.2) is 5.48 Å². The van der Waals surface area contributed by atoms with Crippen LogP contribution in [0.5, 0.6) is 0 Å². The first kappa shape index (κ1) is 13.2. The molecule has 0 fully saturated rings. The average molecular weight is 232 g/mol. The highest BCUT2D eigenvalue weighted by Gasteiger charge is 2.12. The monoisotopic (exact) mass is 232 g/mol. The van der Waals surface area contributed by atoms with E-state index in [0.717, 1.165) is 5.56 Å². The minimum Gasteiger partial charge on any atom is -0.272 e. The van der Waals surface area contributed by atoms with Crippen LogP contribution in [0.15, 0.2) is 24.3 Å². The zero-order valence-corrected chi connectivity index (χ0v) is 10.3. The van der Waals surface area contributed by atoms with Gasteiger partial charge in [0.15, 0.2) is 0 Å². The summed E-state index contributed by atoms with van der Waals surface area (Å²) in [6.07, 6.45) is 0.238. The van der Waals surface area contributed by atoms with E-state index in [0.29, 0.717) is 5.56 Å². The van der Waals surface area contributed by atoms with E-state index in [9.17, 15) is 4.79 Å². The Hall–Kier alpha value is -1.86. The summed E-state index contributed by atoms with van der Waals surface area (Å²) in [5.74, 6) is -0.204. The SMILES string of the molecule is CC(C)(C)ONC(=O)Cc1ccc(C#N)cc1. The van der Waals surface area contributed by atoms with Gasteiger partial charge < -0.3 is 0 Å². The minimum atomic E-state index is -0.402. The Balaban J connectivity index is 2.48. The number of nitrogens with one attached hydrogen (secondary N) is 1. The van der Waals surface area contributed by atoms with Crippen molar-refractivity contribution in [3.63, 3.8) is 0 Å². The smallest absolute Gasteiger partial charge is 0.247 e. The molecule has 0 radical (unpaired) electrons. The van der Waals surface area contributed by atoms with E-state index in [1.807, 2.05) is 26.8 Å². The lowest BCUT2D eigenvalue weighted by Gasteiger charge is -2.18. The number of hydroxylamine groups is 1. The fourth-order valence-corrected chi connectivity index (χ4v) is 1.13. The first-order valence-electron chi connectivity index (χ1n) is 5.36. The van der Waals surface area contributed by atoms with Crippen molar-refractivity contribution in [2.24, 2.45) is 0 Å². The molecule has 0 aliphatic rings. The van der Waals surface area contributed by atoms with Gasteiger partial charge in [-0.3, -0.25) is 9.63 Å². The summed E-state index contributed by atoms with van der Waals surface area (Å²) in [7, 11) is 0. The molecule has 4 heteroatoms. The molecule has 4 nitrogen and oxygen atoms in total. The second-order valence-corrected chi connectivity index (χ2v) is 4.73. The van der Waals surface area contributed by atoms with Crippen LogP contribution in [-0.2, 0) is 16.1 Å². The molecule has 17 heavy (non-hydrogen) atoms. The molecular weight excluding hydrogens is 216 g/mol. The van der Waals surface area contributed by atoms with Crippen molar-refractivity contribution >= 4 is 5.91 Å². The third-order valence-electron chi connectivity index (χ3n) is 1.92. The van der Waals surface area contributed by atoms with Gasteiger partial charge in [0.1, 0.15) is 0 Å². The third kappa shape index (κ3) is 5.14. The Kier molecular flexibility index (Phi) is 4.24. The number of rotatable bonds is 3. The van der Waals surface area contributed by atoms with Crippen LogP contribution in [0.2, 0.25) is 0 Å². The number of carbonyl (C=O) groups is 1. The first-order chi connectivity index (χ1) is 7.90. The quantitative estimate of drug-likeness (QED) is 0.810. The first-order valence-corrected chi connectivity index (χ1v) is 5.36. The van der Waals surface area contributed by atoms with E-state index < -0.39 is 5.60 Å². The van der Waals surface area contributed by atoms with E-state index in [4.69, 9.17) is 10.1 Å². The Morgan fingerprint density at radius 2 is 1.94 bits per heavy atom. The topological polar surface area (TPSA) is 62.1 Å². The van der Waals surface area contributed by atoms with Crippen LogP contribution >= 0.6 is 0 Å². The van der Waals surface area contributed by atoms with Crippen LogP contribution in [-0.4, -0.2) is 11.5 Å². The predicted octanol–water partition coefficient (Wildman–Crippen LogP) is 1.95. The molecule has 0 aliphatic heterocycles. The summed E-state index contributed by atoms with van der Waals surface area (Å²) in [5.41, 5.74) is 3.42. The number of hydrogen-bond donors (Lipinski definition) is 1. The van der Waals surface area contributed by atoms with Gasteiger partial charge in [-0.2, -0.15) is 5.26 Å². The van der Waals surface area contributed by atoms with Crippen molar-refractivity contribution in [2.75, 3.05) is 0 Å². The summed E-state index contributed by atoms with van der Waals surface area (Å²) < 4.78 is 0. The molecule has 0 bridgehead atoms. The summed E-state index contributed by atoms with van der Waals surface area (Å²) in [6.45, 7) is 5.57. The standard InChI is InChI=1S/C13H16N2O2/c1-13(2,3)17-15-12(16)8-10-4-6-11(9-14)7-5-10/h4-7H,8H2,1-3H3,(H,15,16). The third-order valence-corrected chi connectivity index (χ3v) is 1.92. The van der Waals surface area contributed by atoms with E-state index in [1.165, 1.54) is 0 Å². The maximum Gasteiger partial charge on any atom is 0.247 e. The van der Waals surface area contributed by atoms with E-state index >= 15 is 0 Å². The molecule has 1 amide bonds. The van der Waals surface area contributed by atoms with Gasteiger partial charge in [0.25, 0.3) is 0 Å². The van der Waals surface area contributed by atoms with Gasteiger partial charge in [-0.1, -0.05) is 12.1 Å². The Labute approximate surface area is 101 Å². The number of nitriles is 1. The molecule has 0 aromatic heterocycles. The molecule has 0 aliphatic carbocycles. The predicted molar refractivity (Wildman–Crippen MR) is 63.8 cm³/mol.